The highest BCUT2D eigenvalue weighted by Gasteiger charge is 2.52. The summed E-state index contributed by atoms with van der Waals surface area (Å²) in [5, 5.41) is 3.56. The van der Waals surface area contributed by atoms with E-state index < -0.39 is 0 Å². The molecule has 0 radical (unpaired) electrons. The fourth-order valence-electron chi connectivity index (χ4n) is 1.61. The SMILES string of the molecule is CCCCNC1(c2ccccc2)SC1=S. The fourth-order valence-corrected chi connectivity index (χ4v) is 3.02. The molecule has 1 unspecified atom stereocenters. The van der Waals surface area contributed by atoms with E-state index in [9.17, 15) is 0 Å². The van der Waals surface area contributed by atoms with Gasteiger partial charge in [0.1, 0.15) is 4.87 Å². The van der Waals surface area contributed by atoms with E-state index in [0.717, 1.165) is 10.7 Å². The van der Waals surface area contributed by atoms with Gasteiger partial charge in [-0.05, 0) is 18.5 Å². The van der Waals surface area contributed by atoms with Crippen molar-refractivity contribution in [2.45, 2.75) is 24.6 Å². The van der Waals surface area contributed by atoms with Crippen molar-refractivity contribution in [2.75, 3.05) is 6.54 Å². The molecular weight excluding hydrogens is 222 g/mol. The Labute approximate surface area is 101 Å². The van der Waals surface area contributed by atoms with Crippen molar-refractivity contribution in [1.82, 2.24) is 5.32 Å². The average molecular weight is 237 g/mol. The summed E-state index contributed by atoms with van der Waals surface area (Å²) in [5.74, 6) is 0. The molecule has 1 nitrogen and oxygen atoms in total. The molecule has 3 heteroatoms. The third kappa shape index (κ3) is 2.25. The van der Waals surface area contributed by atoms with E-state index in [4.69, 9.17) is 12.2 Å². The van der Waals surface area contributed by atoms with Gasteiger partial charge in [-0.15, -0.1) is 0 Å². The van der Waals surface area contributed by atoms with Crippen LogP contribution in [0.15, 0.2) is 30.3 Å². The lowest BCUT2D eigenvalue weighted by Crippen LogP contribution is -2.31. The van der Waals surface area contributed by atoms with Gasteiger partial charge in [-0.1, -0.05) is 67.7 Å². The van der Waals surface area contributed by atoms with Crippen molar-refractivity contribution >= 4 is 28.2 Å². The molecule has 1 aliphatic rings. The van der Waals surface area contributed by atoms with Gasteiger partial charge >= 0.3 is 0 Å². The molecule has 0 saturated carbocycles. The molecule has 80 valence electrons. The third-order valence-electron chi connectivity index (χ3n) is 2.58. The molecule has 0 spiro atoms. The van der Waals surface area contributed by atoms with E-state index in [1.807, 2.05) is 6.07 Å². The Morgan fingerprint density at radius 2 is 2.00 bits per heavy atom. The van der Waals surface area contributed by atoms with Crippen LogP contribution >= 0.6 is 24.0 Å². The van der Waals surface area contributed by atoms with Crippen LogP contribution in [-0.4, -0.2) is 10.7 Å². The molecule has 1 atom stereocenters. The number of unbranched alkanes of at least 4 members (excludes halogenated alkanes) is 1. The first-order chi connectivity index (χ1) is 7.29. The van der Waals surface area contributed by atoms with Crippen LogP contribution < -0.4 is 5.32 Å². The molecule has 1 aromatic rings. The average Bonchev–Trinajstić information content (AvgIpc) is 2.93. The Morgan fingerprint density at radius 3 is 2.53 bits per heavy atom. The van der Waals surface area contributed by atoms with E-state index >= 15 is 0 Å². The van der Waals surface area contributed by atoms with Gasteiger partial charge in [-0.3, -0.25) is 5.32 Å². The van der Waals surface area contributed by atoms with Crippen LogP contribution in [0, 0.1) is 0 Å². The maximum absolute atomic E-state index is 5.31. The minimum Gasteiger partial charge on any atom is -0.294 e. The predicted molar refractivity (Wildman–Crippen MR) is 71.2 cm³/mol. The number of thioether (sulfide) groups is 1. The highest BCUT2D eigenvalue weighted by molar-refractivity contribution is 8.34. The summed E-state index contributed by atoms with van der Waals surface area (Å²) in [6, 6.07) is 10.5. The summed E-state index contributed by atoms with van der Waals surface area (Å²) in [6.45, 7) is 3.24. The second-order valence-corrected chi connectivity index (χ2v) is 5.61. The zero-order chi connectivity index (χ0) is 10.7. The molecule has 1 N–H and O–H groups in total. The van der Waals surface area contributed by atoms with Gasteiger partial charge in [0.05, 0.1) is 4.20 Å². The van der Waals surface area contributed by atoms with E-state index in [0.29, 0.717) is 0 Å². The Morgan fingerprint density at radius 1 is 1.33 bits per heavy atom. The fraction of sp³-hybridized carbons (Fsp3) is 0.417. The number of thiocarbonyl (C=S) groups is 1. The number of nitrogens with one attached hydrogen (secondary N) is 1. The van der Waals surface area contributed by atoms with E-state index in [-0.39, 0.29) is 4.87 Å². The van der Waals surface area contributed by atoms with Gasteiger partial charge in [0.25, 0.3) is 0 Å². The first-order valence-electron chi connectivity index (χ1n) is 5.33. The van der Waals surface area contributed by atoms with Gasteiger partial charge in [-0.25, -0.2) is 0 Å². The van der Waals surface area contributed by atoms with Crippen LogP contribution in [0.5, 0.6) is 0 Å². The van der Waals surface area contributed by atoms with Crippen LogP contribution in [0.1, 0.15) is 25.3 Å². The zero-order valence-corrected chi connectivity index (χ0v) is 10.5. The molecule has 0 aromatic heterocycles. The molecule has 1 aliphatic heterocycles. The number of rotatable bonds is 5. The van der Waals surface area contributed by atoms with Gasteiger partial charge in [0.2, 0.25) is 0 Å². The number of benzene rings is 1. The van der Waals surface area contributed by atoms with Gasteiger partial charge in [-0.2, -0.15) is 0 Å². The second-order valence-electron chi connectivity index (χ2n) is 3.72. The van der Waals surface area contributed by atoms with Crippen LogP contribution in [0.2, 0.25) is 0 Å². The molecule has 0 aliphatic carbocycles. The number of hydrogen-bond donors (Lipinski definition) is 1. The van der Waals surface area contributed by atoms with E-state index in [1.165, 1.54) is 18.4 Å². The van der Waals surface area contributed by atoms with Crippen LogP contribution in [0.3, 0.4) is 0 Å². The lowest BCUT2D eigenvalue weighted by atomic mass is 10.1. The van der Waals surface area contributed by atoms with Gasteiger partial charge < -0.3 is 0 Å². The monoisotopic (exact) mass is 237 g/mol. The Kier molecular flexibility index (Phi) is 3.44. The third-order valence-corrected chi connectivity index (χ3v) is 4.44. The lowest BCUT2D eigenvalue weighted by molar-refractivity contribution is 0.600. The highest BCUT2D eigenvalue weighted by atomic mass is 32.2. The summed E-state index contributed by atoms with van der Waals surface area (Å²) < 4.78 is 1.07. The van der Waals surface area contributed by atoms with Crippen LogP contribution in [0.4, 0.5) is 0 Å². The molecule has 15 heavy (non-hydrogen) atoms. The van der Waals surface area contributed by atoms with Crippen LogP contribution in [-0.2, 0) is 4.87 Å². The van der Waals surface area contributed by atoms with Crippen molar-refractivity contribution in [1.29, 1.82) is 0 Å². The summed E-state index contributed by atoms with van der Waals surface area (Å²) >= 11 is 7.08. The van der Waals surface area contributed by atoms with Crippen molar-refractivity contribution in [3.63, 3.8) is 0 Å². The lowest BCUT2D eigenvalue weighted by Gasteiger charge is -2.14. The minimum absolute atomic E-state index is 0.0498. The summed E-state index contributed by atoms with van der Waals surface area (Å²) in [6.07, 6.45) is 2.42. The first-order valence-corrected chi connectivity index (χ1v) is 6.56. The molecule has 1 saturated heterocycles. The van der Waals surface area contributed by atoms with Crippen molar-refractivity contribution in [3.8, 4) is 0 Å². The minimum atomic E-state index is -0.0498. The Balaban J connectivity index is 2.07. The molecule has 1 heterocycles. The quantitative estimate of drug-likeness (QED) is 0.479. The molecular formula is C12H15NS2. The largest absolute Gasteiger partial charge is 0.294 e. The standard InChI is InChI=1S/C12H15NS2/c1-2-3-9-13-12(11(14)15-12)10-7-5-4-6-8-10/h4-8,13H,2-3,9H2,1H3. The maximum Gasteiger partial charge on any atom is 0.137 e. The summed E-state index contributed by atoms with van der Waals surface area (Å²) in [4.78, 5) is -0.0498. The Bertz CT molecular complexity index is 350. The molecule has 0 amide bonds. The van der Waals surface area contributed by atoms with Crippen molar-refractivity contribution in [3.05, 3.63) is 35.9 Å². The van der Waals surface area contributed by atoms with E-state index in [1.54, 1.807) is 11.8 Å². The second kappa shape index (κ2) is 4.64. The molecule has 1 aromatic carbocycles. The van der Waals surface area contributed by atoms with Gasteiger partial charge in [0, 0.05) is 0 Å². The highest BCUT2D eigenvalue weighted by Crippen LogP contribution is 2.54. The number of hydrogen-bond acceptors (Lipinski definition) is 3. The summed E-state index contributed by atoms with van der Waals surface area (Å²) in [5.41, 5.74) is 1.29. The summed E-state index contributed by atoms with van der Waals surface area (Å²) in [7, 11) is 0. The maximum atomic E-state index is 5.31. The van der Waals surface area contributed by atoms with E-state index in [2.05, 4.69) is 36.5 Å². The molecule has 1 fully saturated rings. The Hall–Kier alpha value is -0.380. The topological polar surface area (TPSA) is 12.0 Å². The first kappa shape index (κ1) is 11.1. The van der Waals surface area contributed by atoms with Crippen molar-refractivity contribution < 1.29 is 0 Å². The van der Waals surface area contributed by atoms with Gasteiger partial charge in [0.15, 0.2) is 0 Å². The zero-order valence-electron chi connectivity index (χ0n) is 8.82. The van der Waals surface area contributed by atoms with Crippen molar-refractivity contribution in [2.24, 2.45) is 0 Å². The normalized spacial score (nSPS) is 24.2. The molecule has 2 rings (SSSR count). The van der Waals surface area contributed by atoms with Crippen LogP contribution in [0.25, 0.3) is 0 Å². The predicted octanol–water partition coefficient (Wildman–Crippen LogP) is 3.30. The molecule has 0 bridgehead atoms. The smallest absolute Gasteiger partial charge is 0.137 e.